The van der Waals surface area contributed by atoms with Crippen molar-refractivity contribution in [3.8, 4) is 0 Å². The summed E-state index contributed by atoms with van der Waals surface area (Å²) in [5.74, 6) is 2.24. The molecule has 2 rings (SSSR count). The molecule has 1 aromatic heterocycles. The fourth-order valence-corrected chi connectivity index (χ4v) is 4.37. The Morgan fingerprint density at radius 3 is 2.77 bits per heavy atom. The van der Waals surface area contributed by atoms with Crippen molar-refractivity contribution in [2.24, 2.45) is 4.99 Å². The molecule has 0 aliphatic carbocycles. The van der Waals surface area contributed by atoms with Crippen LogP contribution >= 0.6 is 47.1 Å². The second-order valence-electron chi connectivity index (χ2n) is 5.27. The maximum absolute atomic E-state index is 4.80. The van der Waals surface area contributed by atoms with Crippen LogP contribution in [0.5, 0.6) is 0 Å². The van der Waals surface area contributed by atoms with Crippen LogP contribution in [-0.4, -0.2) is 46.5 Å². The van der Waals surface area contributed by atoms with Crippen molar-refractivity contribution < 1.29 is 0 Å². The zero-order valence-electron chi connectivity index (χ0n) is 13.9. The van der Waals surface area contributed by atoms with E-state index in [4.69, 9.17) is 4.99 Å². The summed E-state index contributed by atoms with van der Waals surface area (Å²) in [6.07, 6.45) is 1.23. The Kier molecular flexibility index (Phi) is 9.08. The monoisotopic (exact) mass is 454 g/mol. The number of halogens is 1. The van der Waals surface area contributed by atoms with E-state index in [1.807, 2.05) is 0 Å². The highest BCUT2D eigenvalue weighted by molar-refractivity contribution is 14.0. The first-order chi connectivity index (χ1) is 10.1. The largest absolute Gasteiger partial charge is 0.357 e. The molecule has 2 heterocycles. The molecule has 0 saturated carbocycles. The number of guanidine groups is 1. The number of nitrogens with one attached hydrogen (secondary N) is 1. The van der Waals surface area contributed by atoms with E-state index in [1.54, 1.807) is 11.3 Å². The van der Waals surface area contributed by atoms with Crippen LogP contribution in [0.25, 0.3) is 0 Å². The summed E-state index contributed by atoms with van der Waals surface area (Å²) in [5, 5.41) is 5.27. The number of thioether (sulfide) groups is 1. The van der Waals surface area contributed by atoms with Crippen LogP contribution in [0.3, 0.4) is 0 Å². The molecule has 1 aromatic rings. The van der Waals surface area contributed by atoms with Crippen LogP contribution in [0.2, 0.25) is 0 Å². The molecule has 1 fully saturated rings. The number of aliphatic imine (C=N–C) groups is 1. The summed E-state index contributed by atoms with van der Waals surface area (Å²) < 4.78 is 0. The molecule has 1 unspecified atom stereocenters. The molecule has 1 saturated heterocycles. The maximum atomic E-state index is 4.80. The first kappa shape index (κ1) is 20.0. The second kappa shape index (κ2) is 9.97. The molecule has 1 atom stereocenters. The number of hydrogen-bond acceptors (Lipinski definition) is 4. The number of aryl methyl sites for hydroxylation is 2. The molecule has 1 aliphatic rings. The van der Waals surface area contributed by atoms with E-state index in [2.05, 4.69) is 54.7 Å². The minimum Gasteiger partial charge on any atom is -0.357 e. The van der Waals surface area contributed by atoms with Gasteiger partial charge in [0.05, 0.1) is 12.2 Å². The average molecular weight is 454 g/mol. The van der Waals surface area contributed by atoms with Crippen molar-refractivity contribution in [1.82, 2.24) is 15.2 Å². The topological polar surface area (TPSA) is 40.5 Å². The van der Waals surface area contributed by atoms with Gasteiger partial charge in [-0.3, -0.25) is 0 Å². The van der Waals surface area contributed by atoms with Gasteiger partial charge in [-0.1, -0.05) is 6.92 Å². The minimum atomic E-state index is 0. The van der Waals surface area contributed by atoms with Gasteiger partial charge in [0.25, 0.3) is 0 Å². The number of rotatable bonds is 4. The Morgan fingerprint density at radius 1 is 1.41 bits per heavy atom. The summed E-state index contributed by atoms with van der Waals surface area (Å²) in [4.78, 5) is 13.1. The van der Waals surface area contributed by atoms with E-state index in [-0.39, 0.29) is 24.0 Å². The van der Waals surface area contributed by atoms with Crippen LogP contribution in [-0.2, 0) is 6.54 Å². The van der Waals surface area contributed by atoms with Crippen molar-refractivity contribution in [3.05, 3.63) is 15.6 Å². The molecule has 126 valence electrons. The molecule has 0 radical (unpaired) electrons. The standard InChI is InChI=1S/C15H26N4S2.HI/c1-5-13-10-19(7-8-20-13)15(16-6-2)17-9-14-18-11(3)12(4)21-14;/h13H,5-10H2,1-4H3,(H,16,17);1H. The normalized spacial score (nSPS) is 19.0. The highest BCUT2D eigenvalue weighted by atomic mass is 127. The zero-order valence-corrected chi connectivity index (χ0v) is 17.8. The Morgan fingerprint density at radius 2 is 2.18 bits per heavy atom. The molecule has 0 amide bonds. The summed E-state index contributed by atoms with van der Waals surface area (Å²) >= 11 is 3.84. The zero-order chi connectivity index (χ0) is 15.2. The fraction of sp³-hybridized carbons (Fsp3) is 0.733. The molecule has 0 bridgehead atoms. The van der Waals surface area contributed by atoms with Gasteiger partial charge >= 0.3 is 0 Å². The molecular formula is C15H27IN4S2. The third-order valence-electron chi connectivity index (χ3n) is 3.67. The van der Waals surface area contributed by atoms with Crippen molar-refractivity contribution in [3.63, 3.8) is 0 Å². The van der Waals surface area contributed by atoms with Crippen molar-refractivity contribution in [1.29, 1.82) is 0 Å². The summed E-state index contributed by atoms with van der Waals surface area (Å²) in [7, 11) is 0. The molecule has 4 nitrogen and oxygen atoms in total. The number of thiazole rings is 1. The van der Waals surface area contributed by atoms with Gasteiger partial charge in [-0.15, -0.1) is 35.3 Å². The van der Waals surface area contributed by atoms with E-state index in [1.165, 1.54) is 17.1 Å². The predicted molar refractivity (Wildman–Crippen MR) is 110 cm³/mol. The van der Waals surface area contributed by atoms with Gasteiger partial charge in [-0.2, -0.15) is 11.8 Å². The summed E-state index contributed by atoms with van der Waals surface area (Å²) in [5.41, 5.74) is 1.13. The predicted octanol–water partition coefficient (Wildman–Crippen LogP) is 3.67. The van der Waals surface area contributed by atoms with Crippen LogP contribution in [0, 0.1) is 13.8 Å². The Balaban J connectivity index is 0.00000242. The van der Waals surface area contributed by atoms with Crippen molar-refractivity contribution in [2.45, 2.75) is 45.9 Å². The second-order valence-corrected chi connectivity index (χ2v) is 7.96. The van der Waals surface area contributed by atoms with Gasteiger partial charge < -0.3 is 10.2 Å². The Hall–Kier alpha value is -0.0200. The molecule has 1 aliphatic heterocycles. The quantitative estimate of drug-likeness (QED) is 0.428. The lowest BCUT2D eigenvalue weighted by Gasteiger charge is -2.34. The van der Waals surface area contributed by atoms with Gasteiger partial charge in [0.15, 0.2) is 5.96 Å². The third-order valence-corrected chi connectivity index (χ3v) is 6.10. The highest BCUT2D eigenvalue weighted by Crippen LogP contribution is 2.21. The number of nitrogens with zero attached hydrogens (tertiary/aromatic N) is 3. The van der Waals surface area contributed by atoms with Gasteiger partial charge in [-0.25, -0.2) is 9.98 Å². The van der Waals surface area contributed by atoms with Crippen LogP contribution in [0.1, 0.15) is 35.8 Å². The number of aromatic nitrogens is 1. The van der Waals surface area contributed by atoms with E-state index >= 15 is 0 Å². The first-order valence-corrected chi connectivity index (χ1v) is 9.58. The van der Waals surface area contributed by atoms with Gasteiger partial charge in [0, 0.05) is 35.5 Å². The lowest BCUT2D eigenvalue weighted by Crippen LogP contribution is -2.48. The van der Waals surface area contributed by atoms with Crippen LogP contribution < -0.4 is 5.32 Å². The maximum Gasteiger partial charge on any atom is 0.194 e. The van der Waals surface area contributed by atoms with Gasteiger partial charge in [0.2, 0.25) is 0 Å². The smallest absolute Gasteiger partial charge is 0.194 e. The van der Waals surface area contributed by atoms with E-state index in [9.17, 15) is 0 Å². The molecule has 0 spiro atoms. The Labute approximate surface area is 159 Å². The van der Waals surface area contributed by atoms with E-state index in [0.717, 1.165) is 41.5 Å². The SMILES string of the molecule is CCNC(=NCc1nc(C)c(C)s1)N1CCSC(CC)C1.I. The summed E-state index contributed by atoms with van der Waals surface area (Å²) in [6, 6.07) is 0. The van der Waals surface area contributed by atoms with Crippen molar-refractivity contribution in [2.75, 3.05) is 25.4 Å². The Bertz CT molecular complexity index is 470. The highest BCUT2D eigenvalue weighted by Gasteiger charge is 2.21. The third kappa shape index (κ3) is 5.56. The molecule has 7 heteroatoms. The van der Waals surface area contributed by atoms with E-state index in [0.29, 0.717) is 6.54 Å². The minimum absolute atomic E-state index is 0. The lowest BCUT2D eigenvalue weighted by molar-refractivity contribution is 0.408. The van der Waals surface area contributed by atoms with Gasteiger partial charge in [-0.05, 0) is 27.2 Å². The lowest BCUT2D eigenvalue weighted by atomic mass is 10.3. The molecule has 1 N–H and O–H groups in total. The molecule has 22 heavy (non-hydrogen) atoms. The molecular weight excluding hydrogens is 427 g/mol. The number of hydrogen-bond donors (Lipinski definition) is 1. The fourth-order valence-electron chi connectivity index (χ4n) is 2.33. The first-order valence-electron chi connectivity index (χ1n) is 7.71. The van der Waals surface area contributed by atoms with E-state index < -0.39 is 0 Å². The van der Waals surface area contributed by atoms with Crippen LogP contribution in [0.4, 0.5) is 0 Å². The summed E-state index contributed by atoms with van der Waals surface area (Å²) in [6.45, 7) is 12.4. The molecule has 0 aromatic carbocycles. The van der Waals surface area contributed by atoms with Crippen LogP contribution in [0.15, 0.2) is 4.99 Å². The average Bonchev–Trinajstić information content (AvgIpc) is 2.82. The van der Waals surface area contributed by atoms with Gasteiger partial charge in [0.1, 0.15) is 5.01 Å². The van der Waals surface area contributed by atoms with Crippen molar-refractivity contribution >= 4 is 53.0 Å².